The lowest BCUT2D eigenvalue weighted by Gasteiger charge is -2.33. The van der Waals surface area contributed by atoms with Crippen LogP contribution in [-0.2, 0) is 0 Å². The largest absolute Gasteiger partial charge is 0.491 e. The predicted octanol–water partition coefficient (Wildman–Crippen LogP) is 3.42. The van der Waals surface area contributed by atoms with Crippen LogP contribution in [0.25, 0.3) is 22.0 Å². The van der Waals surface area contributed by atoms with Crippen molar-refractivity contribution in [1.29, 1.82) is 0 Å². The smallest absolute Gasteiger partial charge is 0.222 e. The molecule has 28 heavy (non-hydrogen) atoms. The molecule has 2 aromatic carbocycles. The molecule has 2 N–H and O–H groups in total. The number of piperazine rings is 1. The molecule has 1 saturated heterocycles. The van der Waals surface area contributed by atoms with E-state index in [4.69, 9.17) is 10.5 Å². The van der Waals surface area contributed by atoms with Crippen molar-refractivity contribution in [2.75, 3.05) is 43.9 Å². The van der Waals surface area contributed by atoms with Crippen LogP contribution in [0.1, 0.15) is 13.8 Å². The van der Waals surface area contributed by atoms with Crippen LogP contribution < -0.4 is 15.4 Å². The van der Waals surface area contributed by atoms with E-state index in [9.17, 15) is 0 Å². The van der Waals surface area contributed by atoms with Crippen LogP contribution in [0.4, 0.5) is 11.8 Å². The average Bonchev–Trinajstić information content (AvgIpc) is 2.67. The molecule has 1 aliphatic heterocycles. The van der Waals surface area contributed by atoms with Gasteiger partial charge in [0.15, 0.2) is 0 Å². The summed E-state index contributed by atoms with van der Waals surface area (Å²) in [5.74, 6) is 2.11. The fraction of sp³-hybridized carbons (Fsp3) is 0.364. The predicted molar refractivity (Wildman–Crippen MR) is 115 cm³/mol. The topological polar surface area (TPSA) is 67.5 Å². The number of anilines is 2. The van der Waals surface area contributed by atoms with E-state index in [-0.39, 0.29) is 6.10 Å². The standard InChI is InChI=1S/C22H27N5O/c1-15(2)28-18-6-4-5-16(13-18)17-7-8-19-20(14-17)24-22(23)25-21(19)27-11-9-26(3)10-12-27/h4-8,13-15H,9-12H2,1-3H3,(H2,23,24,25). The molecule has 3 aromatic rings. The van der Waals surface area contributed by atoms with Crippen LogP contribution in [-0.4, -0.2) is 54.2 Å². The van der Waals surface area contributed by atoms with Gasteiger partial charge in [-0.1, -0.05) is 18.2 Å². The Morgan fingerprint density at radius 3 is 2.46 bits per heavy atom. The zero-order valence-corrected chi connectivity index (χ0v) is 16.7. The number of benzene rings is 2. The monoisotopic (exact) mass is 377 g/mol. The lowest BCUT2D eigenvalue weighted by molar-refractivity contribution is 0.242. The fourth-order valence-corrected chi connectivity index (χ4v) is 3.59. The number of nitrogen functional groups attached to an aromatic ring is 1. The summed E-state index contributed by atoms with van der Waals surface area (Å²) >= 11 is 0. The van der Waals surface area contributed by atoms with Crippen molar-refractivity contribution in [3.05, 3.63) is 42.5 Å². The maximum atomic E-state index is 6.05. The fourth-order valence-electron chi connectivity index (χ4n) is 3.59. The molecule has 0 amide bonds. The van der Waals surface area contributed by atoms with Crippen molar-refractivity contribution in [3.63, 3.8) is 0 Å². The molecule has 1 fully saturated rings. The normalized spacial score (nSPS) is 15.4. The molecule has 0 bridgehead atoms. The summed E-state index contributed by atoms with van der Waals surface area (Å²) in [5, 5.41) is 1.04. The zero-order valence-electron chi connectivity index (χ0n) is 16.7. The summed E-state index contributed by atoms with van der Waals surface area (Å²) in [6, 6.07) is 14.5. The Balaban J connectivity index is 1.72. The molecule has 0 unspecified atom stereocenters. The summed E-state index contributed by atoms with van der Waals surface area (Å²) in [6.07, 6.45) is 0.144. The van der Waals surface area contributed by atoms with Crippen molar-refractivity contribution < 1.29 is 4.74 Å². The number of nitrogens with zero attached hydrogens (tertiary/aromatic N) is 4. The molecule has 1 aliphatic rings. The van der Waals surface area contributed by atoms with Gasteiger partial charge in [-0.05, 0) is 56.3 Å². The van der Waals surface area contributed by atoms with Gasteiger partial charge in [-0.3, -0.25) is 0 Å². The van der Waals surface area contributed by atoms with Crippen LogP contribution in [0.3, 0.4) is 0 Å². The van der Waals surface area contributed by atoms with Gasteiger partial charge in [-0.15, -0.1) is 0 Å². The van der Waals surface area contributed by atoms with Gasteiger partial charge in [0.05, 0.1) is 11.6 Å². The van der Waals surface area contributed by atoms with E-state index >= 15 is 0 Å². The second-order valence-electron chi connectivity index (χ2n) is 7.62. The van der Waals surface area contributed by atoms with Gasteiger partial charge in [0, 0.05) is 31.6 Å². The van der Waals surface area contributed by atoms with Crippen LogP contribution in [0.15, 0.2) is 42.5 Å². The van der Waals surface area contributed by atoms with Gasteiger partial charge in [-0.2, -0.15) is 4.98 Å². The van der Waals surface area contributed by atoms with Gasteiger partial charge in [0.1, 0.15) is 11.6 Å². The summed E-state index contributed by atoms with van der Waals surface area (Å²) in [5.41, 5.74) is 9.10. The quantitative estimate of drug-likeness (QED) is 0.751. The Kier molecular flexibility index (Phi) is 5.05. The van der Waals surface area contributed by atoms with E-state index in [0.29, 0.717) is 5.95 Å². The molecule has 2 heterocycles. The van der Waals surface area contributed by atoms with Gasteiger partial charge in [-0.25, -0.2) is 4.98 Å². The second-order valence-corrected chi connectivity index (χ2v) is 7.62. The van der Waals surface area contributed by atoms with Gasteiger partial charge >= 0.3 is 0 Å². The number of aromatic nitrogens is 2. The number of fused-ring (bicyclic) bond motifs is 1. The maximum Gasteiger partial charge on any atom is 0.222 e. The molecule has 6 nitrogen and oxygen atoms in total. The van der Waals surface area contributed by atoms with E-state index in [1.165, 1.54) is 0 Å². The SMILES string of the molecule is CC(C)Oc1cccc(-c2ccc3c(N4CCN(C)CC4)nc(N)nc3c2)c1. The Morgan fingerprint density at radius 2 is 1.71 bits per heavy atom. The third-order valence-electron chi connectivity index (χ3n) is 5.04. The highest BCUT2D eigenvalue weighted by molar-refractivity contribution is 5.93. The first kappa shape index (κ1) is 18.5. The number of rotatable bonds is 4. The summed E-state index contributed by atoms with van der Waals surface area (Å²) < 4.78 is 5.83. The minimum atomic E-state index is 0.144. The van der Waals surface area contributed by atoms with Crippen molar-refractivity contribution in [2.45, 2.75) is 20.0 Å². The molecular weight excluding hydrogens is 350 g/mol. The highest BCUT2D eigenvalue weighted by Crippen LogP contribution is 2.31. The lowest BCUT2D eigenvalue weighted by atomic mass is 10.0. The molecule has 0 spiro atoms. The second kappa shape index (κ2) is 7.64. The van der Waals surface area contributed by atoms with Crippen LogP contribution in [0.2, 0.25) is 0 Å². The molecule has 0 radical (unpaired) electrons. The Morgan fingerprint density at radius 1 is 0.964 bits per heavy atom. The van der Waals surface area contributed by atoms with Crippen LogP contribution in [0, 0.1) is 0 Å². The number of hydrogen-bond donors (Lipinski definition) is 1. The van der Waals surface area contributed by atoms with Crippen molar-refractivity contribution in [3.8, 4) is 16.9 Å². The summed E-state index contributed by atoms with van der Waals surface area (Å²) in [4.78, 5) is 13.7. The Bertz CT molecular complexity index is 980. The average molecular weight is 377 g/mol. The molecule has 0 saturated carbocycles. The molecule has 1 aromatic heterocycles. The number of likely N-dealkylation sites (N-methyl/N-ethyl adjacent to an activating group) is 1. The van der Waals surface area contributed by atoms with Gasteiger partial charge in [0.2, 0.25) is 5.95 Å². The van der Waals surface area contributed by atoms with Crippen LogP contribution in [0.5, 0.6) is 5.75 Å². The summed E-state index contributed by atoms with van der Waals surface area (Å²) in [6.45, 7) is 7.99. The van der Waals surface area contributed by atoms with Gasteiger partial charge in [0.25, 0.3) is 0 Å². The maximum absolute atomic E-state index is 6.05. The highest BCUT2D eigenvalue weighted by Gasteiger charge is 2.19. The van der Waals surface area contributed by atoms with Crippen molar-refractivity contribution in [1.82, 2.24) is 14.9 Å². The third kappa shape index (κ3) is 3.87. The van der Waals surface area contributed by atoms with Crippen molar-refractivity contribution in [2.24, 2.45) is 0 Å². The van der Waals surface area contributed by atoms with E-state index in [1.807, 2.05) is 26.0 Å². The Labute approximate surface area is 165 Å². The number of ether oxygens (including phenoxy) is 1. The molecule has 4 rings (SSSR count). The summed E-state index contributed by atoms with van der Waals surface area (Å²) in [7, 11) is 2.15. The molecule has 0 atom stereocenters. The van der Waals surface area contributed by atoms with E-state index in [2.05, 4.69) is 57.1 Å². The minimum absolute atomic E-state index is 0.144. The first-order valence-corrected chi connectivity index (χ1v) is 9.77. The first-order chi connectivity index (χ1) is 13.5. The first-order valence-electron chi connectivity index (χ1n) is 9.77. The Hall–Kier alpha value is -2.86. The third-order valence-corrected chi connectivity index (χ3v) is 5.04. The molecule has 6 heteroatoms. The minimum Gasteiger partial charge on any atom is -0.491 e. The number of hydrogen-bond acceptors (Lipinski definition) is 6. The molecule has 0 aliphatic carbocycles. The molecular formula is C22H27N5O. The number of nitrogens with two attached hydrogens (primary N) is 1. The molecule has 146 valence electrons. The van der Waals surface area contributed by atoms with Gasteiger partial charge < -0.3 is 20.3 Å². The van der Waals surface area contributed by atoms with E-state index < -0.39 is 0 Å². The van der Waals surface area contributed by atoms with Crippen molar-refractivity contribution >= 4 is 22.7 Å². The van der Waals surface area contributed by atoms with E-state index in [0.717, 1.165) is 59.8 Å². The van der Waals surface area contributed by atoms with Crippen LogP contribution >= 0.6 is 0 Å². The lowest BCUT2D eigenvalue weighted by Crippen LogP contribution is -2.45. The zero-order chi connectivity index (χ0) is 19.7. The van der Waals surface area contributed by atoms with E-state index in [1.54, 1.807) is 0 Å². The highest BCUT2D eigenvalue weighted by atomic mass is 16.5.